The third kappa shape index (κ3) is 4.08. The van der Waals surface area contributed by atoms with Crippen LogP contribution >= 0.6 is 0 Å². The second-order valence-corrected chi connectivity index (χ2v) is 6.94. The minimum absolute atomic E-state index is 0.379. The van der Waals surface area contributed by atoms with Crippen LogP contribution in [-0.2, 0) is 6.54 Å². The highest BCUT2D eigenvalue weighted by atomic mass is 16.5. The molecular formula is C23H20N6O3. The van der Waals surface area contributed by atoms with Crippen molar-refractivity contribution < 1.29 is 14.2 Å². The Morgan fingerprint density at radius 3 is 2.75 bits per heavy atom. The lowest BCUT2D eigenvalue weighted by molar-refractivity contribution is 0.280. The largest absolute Gasteiger partial charge is 0.493 e. The number of nitrogens with one attached hydrogen (secondary N) is 1. The van der Waals surface area contributed by atoms with E-state index in [2.05, 4.69) is 25.1 Å². The van der Waals surface area contributed by atoms with Gasteiger partial charge in [0.2, 0.25) is 11.8 Å². The maximum Gasteiger partial charge on any atom is 0.240 e. The summed E-state index contributed by atoms with van der Waals surface area (Å²) in [6.45, 7) is 1.13. The maximum atomic E-state index is 5.96. The fraction of sp³-hybridized carbons (Fsp3) is 0.130. The minimum atomic E-state index is 0.379. The number of benzene rings is 2. The molecule has 9 heteroatoms. The van der Waals surface area contributed by atoms with E-state index in [1.54, 1.807) is 19.6 Å². The quantitative estimate of drug-likeness (QED) is 0.397. The molecule has 0 unspecified atom stereocenters. The topological polar surface area (TPSA) is 100.0 Å². The van der Waals surface area contributed by atoms with Gasteiger partial charge < -0.3 is 18.8 Å². The van der Waals surface area contributed by atoms with E-state index in [0.29, 0.717) is 47.3 Å². The van der Waals surface area contributed by atoms with Crippen LogP contribution in [0.4, 0.5) is 0 Å². The van der Waals surface area contributed by atoms with Crippen LogP contribution in [0.5, 0.6) is 23.3 Å². The number of methoxy groups -OCH3 is 1. The number of hydrogen-bond acceptors (Lipinski definition) is 7. The van der Waals surface area contributed by atoms with E-state index in [1.165, 1.54) is 6.33 Å². The Labute approximate surface area is 183 Å². The van der Waals surface area contributed by atoms with Crippen molar-refractivity contribution in [2.45, 2.75) is 6.54 Å². The molecule has 0 saturated carbocycles. The number of rotatable bonds is 8. The molecule has 32 heavy (non-hydrogen) atoms. The zero-order valence-corrected chi connectivity index (χ0v) is 17.3. The first kappa shape index (κ1) is 19.6. The van der Waals surface area contributed by atoms with Gasteiger partial charge in [0.15, 0.2) is 11.5 Å². The van der Waals surface area contributed by atoms with Gasteiger partial charge in [-0.1, -0.05) is 30.3 Å². The average molecular weight is 428 g/mol. The zero-order chi connectivity index (χ0) is 21.8. The lowest BCUT2D eigenvalue weighted by Crippen LogP contribution is -2.07. The van der Waals surface area contributed by atoms with Crippen LogP contribution in [0, 0.1) is 0 Å². The number of ether oxygens (including phenoxy) is 3. The summed E-state index contributed by atoms with van der Waals surface area (Å²) in [7, 11) is 1.59. The zero-order valence-electron chi connectivity index (χ0n) is 17.3. The van der Waals surface area contributed by atoms with E-state index >= 15 is 0 Å². The first-order chi connectivity index (χ1) is 15.8. The number of aromatic nitrogens is 6. The van der Waals surface area contributed by atoms with Crippen molar-refractivity contribution in [3.05, 3.63) is 73.6 Å². The van der Waals surface area contributed by atoms with E-state index in [1.807, 2.05) is 59.3 Å². The summed E-state index contributed by atoms with van der Waals surface area (Å²) in [5.41, 5.74) is 2.54. The lowest BCUT2D eigenvalue weighted by atomic mass is 10.2. The van der Waals surface area contributed by atoms with E-state index in [9.17, 15) is 0 Å². The van der Waals surface area contributed by atoms with Crippen molar-refractivity contribution in [1.82, 2.24) is 29.7 Å². The minimum Gasteiger partial charge on any atom is -0.493 e. The van der Waals surface area contributed by atoms with Gasteiger partial charge in [-0.15, -0.1) is 5.10 Å². The highest BCUT2D eigenvalue weighted by Gasteiger charge is 2.14. The Balaban J connectivity index is 1.39. The third-order valence-electron chi connectivity index (χ3n) is 4.89. The molecule has 0 amide bonds. The molecule has 5 aromatic rings. The normalized spacial score (nSPS) is 10.9. The smallest absolute Gasteiger partial charge is 0.240 e. The Hall–Kier alpha value is -4.40. The van der Waals surface area contributed by atoms with Gasteiger partial charge in [0.05, 0.1) is 36.6 Å². The Morgan fingerprint density at radius 1 is 1.03 bits per heavy atom. The van der Waals surface area contributed by atoms with Gasteiger partial charge in [0, 0.05) is 24.5 Å². The molecule has 160 valence electrons. The Morgan fingerprint density at radius 2 is 1.94 bits per heavy atom. The molecule has 5 rings (SSSR count). The Bertz CT molecular complexity index is 1320. The van der Waals surface area contributed by atoms with Crippen LogP contribution in [0.2, 0.25) is 0 Å². The van der Waals surface area contributed by atoms with E-state index in [-0.39, 0.29) is 0 Å². The molecule has 3 heterocycles. The number of hydrogen-bond donors (Lipinski definition) is 1. The van der Waals surface area contributed by atoms with Gasteiger partial charge in [-0.2, -0.15) is 0 Å². The summed E-state index contributed by atoms with van der Waals surface area (Å²) in [6.07, 6.45) is 6.81. The van der Waals surface area contributed by atoms with Gasteiger partial charge >= 0.3 is 0 Å². The standard InChI is InChI=1S/C23H20N6O3/c1-30-20-11-17-19(12-21(20)31-10-9-29-8-7-24-15-29)25-14-26-23(17)32-22-13-18(27-28-22)16-5-3-2-4-6-16/h2-8,11-15H,9-10H2,1H3,(H,27,28). The van der Waals surface area contributed by atoms with E-state index in [0.717, 1.165) is 11.3 Å². The molecule has 0 bridgehead atoms. The van der Waals surface area contributed by atoms with Gasteiger partial charge in [0.25, 0.3) is 0 Å². The van der Waals surface area contributed by atoms with Crippen LogP contribution in [0.25, 0.3) is 22.2 Å². The van der Waals surface area contributed by atoms with Crippen molar-refractivity contribution in [2.75, 3.05) is 13.7 Å². The summed E-state index contributed by atoms with van der Waals surface area (Å²) < 4.78 is 19.4. The highest BCUT2D eigenvalue weighted by molar-refractivity contribution is 5.87. The van der Waals surface area contributed by atoms with E-state index in [4.69, 9.17) is 14.2 Å². The lowest BCUT2D eigenvalue weighted by Gasteiger charge is -2.13. The fourth-order valence-electron chi connectivity index (χ4n) is 3.29. The molecule has 9 nitrogen and oxygen atoms in total. The van der Waals surface area contributed by atoms with Crippen molar-refractivity contribution >= 4 is 10.9 Å². The molecule has 0 spiro atoms. The molecule has 0 saturated heterocycles. The Kier molecular flexibility index (Phi) is 5.36. The summed E-state index contributed by atoms with van der Waals surface area (Å²) in [6, 6.07) is 15.3. The van der Waals surface area contributed by atoms with Crippen LogP contribution in [0.3, 0.4) is 0 Å². The van der Waals surface area contributed by atoms with Crippen molar-refractivity contribution in [3.63, 3.8) is 0 Å². The number of fused-ring (bicyclic) bond motifs is 1. The van der Waals surface area contributed by atoms with Crippen LogP contribution in [-0.4, -0.2) is 43.4 Å². The number of imidazole rings is 1. The fourth-order valence-corrected chi connectivity index (χ4v) is 3.29. The molecule has 0 radical (unpaired) electrons. The van der Waals surface area contributed by atoms with Gasteiger partial charge in [0.1, 0.15) is 12.9 Å². The molecule has 2 aromatic carbocycles. The third-order valence-corrected chi connectivity index (χ3v) is 4.89. The van der Waals surface area contributed by atoms with Crippen LogP contribution in [0.15, 0.2) is 73.6 Å². The second-order valence-electron chi connectivity index (χ2n) is 6.94. The number of aromatic amines is 1. The maximum absolute atomic E-state index is 5.96. The van der Waals surface area contributed by atoms with Crippen molar-refractivity contribution in [1.29, 1.82) is 0 Å². The van der Waals surface area contributed by atoms with Crippen LogP contribution < -0.4 is 14.2 Å². The summed E-state index contributed by atoms with van der Waals surface area (Å²) in [5, 5.41) is 7.93. The molecule has 0 aliphatic carbocycles. The van der Waals surface area contributed by atoms with Gasteiger partial charge in [-0.3, -0.25) is 5.10 Å². The van der Waals surface area contributed by atoms with Crippen molar-refractivity contribution in [3.8, 4) is 34.5 Å². The molecule has 0 aliphatic heterocycles. The first-order valence-electron chi connectivity index (χ1n) is 10.00. The molecule has 1 N–H and O–H groups in total. The predicted octanol–water partition coefficient (Wildman–Crippen LogP) is 4.10. The van der Waals surface area contributed by atoms with E-state index < -0.39 is 0 Å². The van der Waals surface area contributed by atoms with Gasteiger partial charge in [-0.05, 0) is 11.6 Å². The average Bonchev–Trinajstić information content (AvgIpc) is 3.52. The SMILES string of the molecule is COc1cc2c(Oc3cc(-c4ccccc4)[nH]n3)ncnc2cc1OCCn1ccnc1. The molecule has 0 aliphatic rings. The molecular weight excluding hydrogens is 408 g/mol. The molecule has 0 fully saturated rings. The summed E-state index contributed by atoms with van der Waals surface area (Å²) in [4.78, 5) is 12.7. The van der Waals surface area contributed by atoms with Crippen molar-refractivity contribution in [2.24, 2.45) is 0 Å². The number of nitrogens with zero attached hydrogens (tertiary/aromatic N) is 5. The number of H-pyrrole nitrogens is 1. The second kappa shape index (κ2) is 8.76. The first-order valence-corrected chi connectivity index (χ1v) is 10.00. The van der Waals surface area contributed by atoms with Crippen LogP contribution in [0.1, 0.15) is 0 Å². The predicted molar refractivity (Wildman–Crippen MR) is 118 cm³/mol. The highest BCUT2D eigenvalue weighted by Crippen LogP contribution is 2.36. The summed E-state index contributed by atoms with van der Waals surface area (Å²) in [5.74, 6) is 1.94. The monoisotopic (exact) mass is 428 g/mol. The summed E-state index contributed by atoms with van der Waals surface area (Å²) >= 11 is 0. The molecule has 0 atom stereocenters. The molecule has 3 aromatic heterocycles. The van der Waals surface area contributed by atoms with Gasteiger partial charge in [-0.25, -0.2) is 15.0 Å².